The molecule has 2 aromatic rings. The van der Waals surface area contributed by atoms with Crippen molar-refractivity contribution in [3.05, 3.63) is 35.0 Å². The SMILES string of the molecule is Cc1cc(C(=O)N2CCC[C@](O)(c3cn(C(C)C)nn3)C2)c(C)o1. The molecule has 1 saturated heterocycles. The number of hydrogen-bond acceptors (Lipinski definition) is 5. The standard InChI is InChI=1S/C17H24N4O3/c1-11(2)21-9-15(18-19-21)17(23)6-5-7-20(10-17)16(22)14-8-12(3)24-13(14)4/h8-9,11,23H,5-7,10H2,1-4H3/t17-/m1/s1. The Balaban J connectivity index is 1.82. The summed E-state index contributed by atoms with van der Waals surface area (Å²) in [6.45, 7) is 8.44. The fourth-order valence-electron chi connectivity index (χ4n) is 3.17. The molecular weight excluding hydrogens is 308 g/mol. The van der Waals surface area contributed by atoms with Gasteiger partial charge in [0.25, 0.3) is 5.91 Å². The number of furan rings is 1. The summed E-state index contributed by atoms with van der Waals surface area (Å²) < 4.78 is 7.18. The van der Waals surface area contributed by atoms with Gasteiger partial charge in [0.1, 0.15) is 22.8 Å². The molecule has 7 nitrogen and oxygen atoms in total. The highest BCUT2D eigenvalue weighted by Crippen LogP contribution is 2.31. The van der Waals surface area contributed by atoms with Crippen LogP contribution in [0.2, 0.25) is 0 Å². The number of nitrogens with zero attached hydrogens (tertiary/aromatic N) is 4. The molecule has 7 heteroatoms. The predicted molar refractivity (Wildman–Crippen MR) is 87.6 cm³/mol. The van der Waals surface area contributed by atoms with E-state index in [0.717, 1.165) is 0 Å². The van der Waals surface area contributed by atoms with E-state index in [1.165, 1.54) is 0 Å². The van der Waals surface area contributed by atoms with Crippen LogP contribution in [0.25, 0.3) is 0 Å². The number of hydrogen-bond donors (Lipinski definition) is 1. The second-order valence-electron chi connectivity index (χ2n) is 6.87. The topological polar surface area (TPSA) is 84.4 Å². The Labute approximate surface area is 141 Å². The Hall–Kier alpha value is -2.15. The van der Waals surface area contributed by atoms with E-state index in [9.17, 15) is 9.90 Å². The van der Waals surface area contributed by atoms with Crippen molar-refractivity contribution in [2.24, 2.45) is 0 Å². The second-order valence-corrected chi connectivity index (χ2v) is 6.87. The number of rotatable bonds is 3. The highest BCUT2D eigenvalue weighted by molar-refractivity contribution is 5.95. The molecule has 3 heterocycles. The lowest BCUT2D eigenvalue weighted by molar-refractivity contribution is -0.0321. The molecule has 0 unspecified atom stereocenters. The molecule has 0 radical (unpaired) electrons. The van der Waals surface area contributed by atoms with Crippen molar-refractivity contribution in [2.45, 2.75) is 52.2 Å². The number of amides is 1. The minimum atomic E-state index is -1.16. The Bertz CT molecular complexity index is 749. The molecule has 1 N–H and O–H groups in total. The summed E-state index contributed by atoms with van der Waals surface area (Å²) in [6, 6.07) is 1.92. The number of carbonyl (C=O) groups excluding carboxylic acids is 1. The summed E-state index contributed by atoms with van der Waals surface area (Å²) >= 11 is 0. The number of likely N-dealkylation sites (tertiary alicyclic amines) is 1. The monoisotopic (exact) mass is 332 g/mol. The average molecular weight is 332 g/mol. The van der Waals surface area contributed by atoms with Gasteiger partial charge < -0.3 is 14.4 Å². The van der Waals surface area contributed by atoms with Gasteiger partial charge in [-0.3, -0.25) is 4.79 Å². The summed E-state index contributed by atoms with van der Waals surface area (Å²) in [7, 11) is 0. The van der Waals surface area contributed by atoms with E-state index in [0.29, 0.717) is 42.2 Å². The Morgan fingerprint density at radius 2 is 2.17 bits per heavy atom. The van der Waals surface area contributed by atoms with E-state index in [1.54, 1.807) is 28.8 Å². The van der Waals surface area contributed by atoms with E-state index in [4.69, 9.17) is 4.42 Å². The predicted octanol–water partition coefficient (Wildman–Crippen LogP) is 2.19. The maximum atomic E-state index is 12.8. The van der Waals surface area contributed by atoms with Gasteiger partial charge in [-0.1, -0.05) is 5.21 Å². The van der Waals surface area contributed by atoms with Gasteiger partial charge in [0.05, 0.1) is 18.3 Å². The average Bonchev–Trinajstić information content (AvgIpc) is 3.14. The molecule has 1 amide bonds. The highest BCUT2D eigenvalue weighted by atomic mass is 16.3. The first-order valence-electron chi connectivity index (χ1n) is 8.31. The normalized spacial score (nSPS) is 21.5. The van der Waals surface area contributed by atoms with Gasteiger partial charge in [0, 0.05) is 12.6 Å². The van der Waals surface area contributed by atoms with E-state index >= 15 is 0 Å². The largest absolute Gasteiger partial charge is 0.466 e. The van der Waals surface area contributed by atoms with E-state index in [2.05, 4.69) is 10.3 Å². The minimum absolute atomic E-state index is 0.112. The van der Waals surface area contributed by atoms with Gasteiger partial charge in [-0.2, -0.15) is 0 Å². The van der Waals surface area contributed by atoms with Crippen LogP contribution in [0.4, 0.5) is 0 Å². The van der Waals surface area contributed by atoms with Crippen LogP contribution in [0.3, 0.4) is 0 Å². The number of β-amino-alcohol motifs (C(OH)–C–C–N with tert-alkyl or cyclic N) is 1. The molecule has 1 aliphatic heterocycles. The van der Waals surface area contributed by atoms with Gasteiger partial charge >= 0.3 is 0 Å². The summed E-state index contributed by atoms with van der Waals surface area (Å²) in [4.78, 5) is 14.5. The van der Waals surface area contributed by atoms with Crippen LogP contribution in [0.1, 0.15) is 60.3 Å². The van der Waals surface area contributed by atoms with Crippen molar-refractivity contribution in [2.75, 3.05) is 13.1 Å². The zero-order valence-corrected chi connectivity index (χ0v) is 14.6. The second kappa shape index (κ2) is 6.05. The smallest absolute Gasteiger partial charge is 0.257 e. The van der Waals surface area contributed by atoms with Crippen LogP contribution < -0.4 is 0 Å². The fraction of sp³-hybridized carbons (Fsp3) is 0.588. The minimum Gasteiger partial charge on any atom is -0.466 e. The molecule has 130 valence electrons. The van der Waals surface area contributed by atoms with Crippen molar-refractivity contribution < 1.29 is 14.3 Å². The van der Waals surface area contributed by atoms with Crippen LogP contribution in [0.5, 0.6) is 0 Å². The van der Waals surface area contributed by atoms with Crippen molar-refractivity contribution in [3.8, 4) is 0 Å². The van der Waals surface area contributed by atoms with E-state index in [1.807, 2.05) is 20.8 Å². The molecule has 1 atom stereocenters. The Kier molecular flexibility index (Phi) is 4.21. The first-order chi connectivity index (χ1) is 11.3. The third-order valence-electron chi connectivity index (χ3n) is 4.55. The lowest BCUT2D eigenvalue weighted by Gasteiger charge is -2.37. The van der Waals surface area contributed by atoms with Crippen molar-refractivity contribution in [3.63, 3.8) is 0 Å². The number of aromatic nitrogens is 3. The van der Waals surface area contributed by atoms with Gasteiger partial charge in [0.15, 0.2) is 0 Å². The maximum Gasteiger partial charge on any atom is 0.257 e. The summed E-state index contributed by atoms with van der Waals surface area (Å²) in [5, 5.41) is 19.2. The van der Waals surface area contributed by atoms with Crippen molar-refractivity contribution in [1.29, 1.82) is 0 Å². The van der Waals surface area contributed by atoms with E-state index < -0.39 is 5.60 Å². The quantitative estimate of drug-likeness (QED) is 0.931. The first kappa shape index (κ1) is 16.7. The molecule has 3 rings (SSSR count). The number of piperidine rings is 1. The third-order valence-corrected chi connectivity index (χ3v) is 4.55. The summed E-state index contributed by atoms with van der Waals surface area (Å²) in [5.74, 6) is 1.21. The number of carbonyl (C=O) groups is 1. The Morgan fingerprint density at radius 1 is 1.42 bits per heavy atom. The highest BCUT2D eigenvalue weighted by Gasteiger charge is 2.39. The molecule has 1 fully saturated rings. The number of aliphatic hydroxyl groups is 1. The molecule has 0 aromatic carbocycles. The summed E-state index contributed by atoms with van der Waals surface area (Å²) in [6.07, 6.45) is 3.05. The zero-order valence-electron chi connectivity index (χ0n) is 14.6. The molecule has 0 aliphatic carbocycles. The van der Waals surface area contributed by atoms with E-state index in [-0.39, 0.29) is 18.5 Å². The first-order valence-corrected chi connectivity index (χ1v) is 8.31. The lowest BCUT2D eigenvalue weighted by atomic mass is 9.89. The molecule has 0 saturated carbocycles. The lowest BCUT2D eigenvalue weighted by Crippen LogP contribution is -2.48. The van der Waals surface area contributed by atoms with Crippen LogP contribution in [0.15, 0.2) is 16.7 Å². The van der Waals surface area contributed by atoms with Crippen LogP contribution in [-0.4, -0.2) is 44.0 Å². The maximum absolute atomic E-state index is 12.8. The Morgan fingerprint density at radius 3 is 2.75 bits per heavy atom. The zero-order chi connectivity index (χ0) is 17.5. The van der Waals surface area contributed by atoms with Gasteiger partial charge in [0.2, 0.25) is 0 Å². The number of aryl methyl sites for hydroxylation is 2. The molecule has 0 spiro atoms. The summed E-state index contributed by atoms with van der Waals surface area (Å²) in [5.41, 5.74) is -0.0790. The van der Waals surface area contributed by atoms with Crippen LogP contribution >= 0.6 is 0 Å². The fourth-order valence-corrected chi connectivity index (χ4v) is 3.17. The van der Waals surface area contributed by atoms with Crippen molar-refractivity contribution in [1.82, 2.24) is 19.9 Å². The molecule has 0 bridgehead atoms. The molecule has 2 aromatic heterocycles. The molecule has 24 heavy (non-hydrogen) atoms. The van der Waals surface area contributed by atoms with Gasteiger partial charge in [-0.05, 0) is 46.6 Å². The molecule has 1 aliphatic rings. The van der Waals surface area contributed by atoms with Gasteiger partial charge in [-0.15, -0.1) is 5.10 Å². The van der Waals surface area contributed by atoms with Crippen LogP contribution in [0, 0.1) is 13.8 Å². The van der Waals surface area contributed by atoms with Crippen molar-refractivity contribution >= 4 is 5.91 Å². The third kappa shape index (κ3) is 2.96. The van der Waals surface area contributed by atoms with Crippen LogP contribution in [-0.2, 0) is 5.60 Å². The van der Waals surface area contributed by atoms with Gasteiger partial charge in [-0.25, -0.2) is 4.68 Å². The molecular formula is C17H24N4O3.